The number of ketones is 1. The Morgan fingerprint density at radius 1 is 0.733 bits per heavy atom. The summed E-state index contributed by atoms with van der Waals surface area (Å²) in [7, 11) is 0. The van der Waals surface area contributed by atoms with Crippen molar-refractivity contribution in [2.75, 3.05) is 5.32 Å². The number of benzene rings is 2. The maximum atomic E-state index is 12.6. The van der Waals surface area contributed by atoms with Crippen LogP contribution in [0.3, 0.4) is 0 Å². The Labute approximate surface area is 172 Å². The summed E-state index contributed by atoms with van der Waals surface area (Å²) in [6, 6.07) is 20.8. The fourth-order valence-electron chi connectivity index (χ4n) is 2.85. The fraction of sp³-hybridized carbons (Fsp3) is 0.0435. The molecule has 0 atom stereocenters. The van der Waals surface area contributed by atoms with Gasteiger partial charge >= 0.3 is 0 Å². The van der Waals surface area contributed by atoms with Crippen molar-refractivity contribution in [2.24, 2.45) is 0 Å². The number of rotatable bonds is 5. The van der Waals surface area contributed by atoms with E-state index in [1.807, 2.05) is 24.3 Å². The zero-order valence-electron chi connectivity index (χ0n) is 16.1. The number of aryl methyl sites for hydroxylation is 1. The lowest BCUT2D eigenvalue weighted by Crippen LogP contribution is -2.16. The summed E-state index contributed by atoms with van der Waals surface area (Å²) in [6.45, 7) is 1.72. The highest BCUT2D eigenvalue weighted by atomic mass is 16.1. The first-order chi connectivity index (χ1) is 14.6. The number of aromatic nitrogens is 4. The second-order valence-electron chi connectivity index (χ2n) is 6.47. The molecule has 0 radical (unpaired) electrons. The number of anilines is 1. The quantitative estimate of drug-likeness (QED) is 0.517. The molecule has 0 spiro atoms. The molecule has 0 aliphatic carbocycles. The van der Waals surface area contributed by atoms with E-state index in [9.17, 15) is 9.59 Å². The van der Waals surface area contributed by atoms with Crippen molar-refractivity contribution in [2.45, 2.75) is 6.92 Å². The highest BCUT2D eigenvalue weighted by Gasteiger charge is 2.13. The van der Waals surface area contributed by atoms with Crippen molar-refractivity contribution in [1.29, 1.82) is 0 Å². The van der Waals surface area contributed by atoms with Gasteiger partial charge < -0.3 is 0 Å². The molecule has 2 aromatic heterocycles. The van der Waals surface area contributed by atoms with Crippen molar-refractivity contribution in [1.82, 2.24) is 19.9 Å². The molecule has 1 N–H and O–H groups in total. The summed E-state index contributed by atoms with van der Waals surface area (Å²) in [6.07, 6.45) is 1.64. The predicted molar refractivity (Wildman–Crippen MR) is 112 cm³/mol. The number of carbonyl (C=O) groups is 2. The smallest absolute Gasteiger partial charge is 0.258 e. The average Bonchev–Trinajstić information content (AvgIpc) is 2.79. The summed E-state index contributed by atoms with van der Waals surface area (Å²) in [5.41, 5.74) is 2.07. The first-order valence-electron chi connectivity index (χ1n) is 9.25. The number of hydrogen-bond acceptors (Lipinski definition) is 6. The highest BCUT2D eigenvalue weighted by molar-refractivity contribution is 6.10. The predicted octanol–water partition coefficient (Wildman–Crippen LogP) is 3.73. The van der Waals surface area contributed by atoms with Gasteiger partial charge in [0.2, 0.25) is 5.95 Å². The van der Waals surface area contributed by atoms with Crippen molar-refractivity contribution >= 4 is 17.6 Å². The molecule has 0 aliphatic heterocycles. The Morgan fingerprint density at radius 3 is 2.10 bits per heavy atom. The van der Waals surface area contributed by atoms with Gasteiger partial charge in [-0.05, 0) is 31.2 Å². The van der Waals surface area contributed by atoms with Gasteiger partial charge in [0.25, 0.3) is 5.91 Å². The minimum Gasteiger partial charge on any atom is -0.290 e. The first kappa shape index (κ1) is 19.1. The largest absolute Gasteiger partial charge is 0.290 e. The zero-order valence-corrected chi connectivity index (χ0v) is 16.1. The van der Waals surface area contributed by atoms with Crippen molar-refractivity contribution < 1.29 is 9.59 Å². The van der Waals surface area contributed by atoms with Crippen LogP contribution in [0.25, 0.3) is 11.5 Å². The van der Waals surface area contributed by atoms with Crippen LogP contribution in [0, 0.1) is 6.92 Å². The van der Waals surface area contributed by atoms with E-state index in [0.29, 0.717) is 34.0 Å². The second-order valence-corrected chi connectivity index (χ2v) is 6.47. The van der Waals surface area contributed by atoms with Crippen LogP contribution in [-0.4, -0.2) is 31.6 Å². The summed E-state index contributed by atoms with van der Waals surface area (Å²) in [5, 5.41) is 2.68. The molecule has 0 bridgehead atoms. The number of hydrogen-bond donors (Lipinski definition) is 1. The van der Waals surface area contributed by atoms with E-state index in [0.717, 1.165) is 0 Å². The van der Waals surface area contributed by atoms with Crippen molar-refractivity contribution in [3.63, 3.8) is 0 Å². The van der Waals surface area contributed by atoms with Crippen LogP contribution in [0.1, 0.15) is 32.1 Å². The second kappa shape index (κ2) is 8.40. The average molecular weight is 395 g/mol. The Bertz CT molecular complexity index is 1190. The highest BCUT2D eigenvalue weighted by Crippen LogP contribution is 2.15. The molecule has 4 aromatic rings. The van der Waals surface area contributed by atoms with Crippen LogP contribution >= 0.6 is 0 Å². The summed E-state index contributed by atoms with van der Waals surface area (Å²) < 4.78 is 0. The zero-order chi connectivity index (χ0) is 20.9. The van der Waals surface area contributed by atoms with E-state index in [2.05, 4.69) is 25.3 Å². The maximum Gasteiger partial charge on any atom is 0.258 e. The Kier molecular flexibility index (Phi) is 5.34. The number of carbonyl (C=O) groups excluding carboxylic acids is 2. The van der Waals surface area contributed by atoms with E-state index < -0.39 is 0 Å². The topological polar surface area (TPSA) is 97.7 Å². The van der Waals surface area contributed by atoms with Gasteiger partial charge in [0.15, 0.2) is 11.6 Å². The van der Waals surface area contributed by atoms with Crippen LogP contribution in [0.2, 0.25) is 0 Å². The maximum absolute atomic E-state index is 12.6. The summed E-state index contributed by atoms with van der Waals surface area (Å²) in [5.74, 6) is 0.492. The Balaban J connectivity index is 1.52. The van der Waals surface area contributed by atoms with Crippen molar-refractivity contribution in [3.8, 4) is 11.5 Å². The van der Waals surface area contributed by atoms with Gasteiger partial charge in [0, 0.05) is 22.9 Å². The van der Waals surface area contributed by atoms with Crippen LogP contribution < -0.4 is 5.32 Å². The standard InChI is InChI=1S/C23H17N5O2/c1-15-25-21(19-9-5-6-14-24-19)27-23(26-15)28-22(30)18-12-10-17(11-13-18)20(29)16-7-3-2-4-8-16/h2-14H,1H3,(H,25,26,27,28,30). The Hall–Kier alpha value is -4.26. The minimum atomic E-state index is -0.383. The van der Waals surface area contributed by atoms with Crippen LogP contribution in [-0.2, 0) is 0 Å². The molecular formula is C23H17N5O2. The molecule has 7 heteroatoms. The number of amides is 1. The monoisotopic (exact) mass is 395 g/mol. The molecule has 1 amide bonds. The Morgan fingerprint density at radius 2 is 1.40 bits per heavy atom. The summed E-state index contributed by atoms with van der Waals surface area (Å²) >= 11 is 0. The van der Waals surface area contributed by atoms with Gasteiger partial charge in [-0.15, -0.1) is 0 Å². The third-order valence-corrected chi connectivity index (χ3v) is 4.31. The van der Waals surface area contributed by atoms with E-state index >= 15 is 0 Å². The fourth-order valence-corrected chi connectivity index (χ4v) is 2.85. The lowest BCUT2D eigenvalue weighted by molar-refractivity contribution is 0.101. The van der Waals surface area contributed by atoms with Crippen LogP contribution in [0.5, 0.6) is 0 Å². The van der Waals surface area contributed by atoms with E-state index in [-0.39, 0.29) is 17.6 Å². The van der Waals surface area contributed by atoms with Gasteiger partial charge in [-0.1, -0.05) is 48.5 Å². The third-order valence-electron chi connectivity index (χ3n) is 4.31. The van der Waals surface area contributed by atoms with Gasteiger partial charge in [-0.2, -0.15) is 9.97 Å². The number of pyridine rings is 1. The molecule has 30 heavy (non-hydrogen) atoms. The lowest BCUT2D eigenvalue weighted by Gasteiger charge is -2.07. The van der Waals surface area contributed by atoms with Gasteiger partial charge in [-0.25, -0.2) is 4.98 Å². The van der Waals surface area contributed by atoms with E-state index in [4.69, 9.17) is 0 Å². The van der Waals surface area contributed by atoms with Gasteiger partial charge in [0.05, 0.1) is 0 Å². The minimum absolute atomic E-state index is 0.101. The van der Waals surface area contributed by atoms with E-state index in [1.54, 1.807) is 61.7 Å². The van der Waals surface area contributed by atoms with Crippen molar-refractivity contribution in [3.05, 3.63) is 102 Å². The molecule has 0 saturated heterocycles. The molecule has 2 heterocycles. The van der Waals surface area contributed by atoms with Gasteiger partial charge in [0.1, 0.15) is 11.5 Å². The normalized spacial score (nSPS) is 10.4. The van der Waals surface area contributed by atoms with Gasteiger partial charge in [-0.3, -0.25) is 19.9 Å². The van der Waals surface area contributed by atoms with E-state index in [1.165, 1.54) is 0 Å². The van der Waals surface area contributed by atoms with Crippen LogP contribution in [0.4, 0.5) is 5.95 Å². The molecule has 2 aromatic carbocycles. The van der Waals surface area contributed by atoms with Crippen LogP contribution in [0.15, 0.2) is 79.0 Å². The SMILES string of the molecule is Cc1nc(NC(=O)c2ccc(C(=O)c3ccccc3)cc2)nc(-c2ccccn2)n1. The molecule has 146 valence electrons. The first-order valence-corrected chi connectivity index (χ1v) is 9.25. The molecular weight excluding hydrogens is 378 g/mol. The molecule has 7 nitrogen and oxygen atoms in total. The summed E-state index contributed by atoms with van der Waals surface area (Å²) in [4.78, 5) is 42.1. The third kappa shape index (κ3) is 4.25. The lowest BCUT2D eigenvalue weighted by atomic mass is 10.0. The molecule has 0 fully saturated rings. The number of nitrogens with zero attached hydrogens (tertiary/aromatic N) is 4. The number of nitrogens with one attached hydrogen (secondary N) is 1. The molecule has 0 saturated carbocycles. The molecule has 0 aliphatic rings. The molecule has 4 rings (SSSR count). The molecule has 0 unspecified atom stereocenters.